The van der Waals surface area contributed by atoms with Gasteiger partial charge in [-0.25, -0.2) is 0 Å². The molecule has 1 unspecified atom stereocenters. The fraction of sp³-hybridized carbons (Fsp3) is 0.900. The monoisotopic (exact) mass is 251 g/mol. The maximum Gasteiger partial charge on any atom is 0.325 e. The summed E-state index contributed by atoms with van der Waals surface area (Å²) in [4.78, 5) is 10.6. The average Bonchev–Trinajstić information content (AvgIpc) is 2.21. The zero-order chi connectivity index (χ0) is 12.4. The van der Waals surface area contributed by atoms with Gasteiger partial charge < -0.3 is 5.11 Å². The van der Waals surface area contributed by atoms with Crippen molar-refractivity contribution in [3.63, 3.8) is 0 Å². The highest BCUT2D eigenvalue weighted by molar-refractivity contribution is 7.98. The highest BCUT2D eigenvalue weighted by atomic mass is 32.2. The second-order valence-electron chi connectivity index (χ2n) is 3.72. The Bertz CT molecular complexity index is 190. The Balaban J connectivity index is 3.45. The van der Waals surface area contributed by atoms with Gasteiger partial charge in [-0.3, -0.25) is 15.2 Å². The fourth-order valence-electron chi connectivity index (χ4n) is 1.45. The van der Waals surface area contributed by atoms with Crippen molar-refractivity contribution in [2.45, 2.75) is 44.6 Å². The van der Waals surface area contributed by atoms with Crippen molar-refractivity contribution >= 4 is 17.7 Å². The fourth-order valence-corrected chi connectivity index (χ4v) is 1.94. The van der Waals surface area contributed by atoms with E-state index in [2.05, 4.69) is 6.26 Å². The van der Waals surface area contributed by atoms with Crippen LogP contribution in [0.1, 0.15) is 38.5 Å². The van der Waals surface area contributed by atoms with Crippen LogP contribution in [0.5, 0.6) is 0 Å². The molecule has 0 aromatic carbocycles. The molecule has 5 nitrogen and oxygen atoms in total. The number of nitrogens with zero attached hydrogens (tertiary/aromatic N) is 1. The lowest BCUT2D eigenvalue weighted by Crippen LogP contribution is -2.36. The van der Waals surface area contributed by atoms with Crippen LogP contribution in [0.15, 0.2) is 0 Å². The number of thioether (sulfide) groups is 1. The van der Waals surface area contributed by atoms with Crippen LogP contribution in [0.4, 0.5) is 0 Å². The number of carbonyl (C=O) groups is 1. The summed E-state index contributed by atoms with van der Waals surface area (Å²) in [5.41, 5.74) is 0. The van der Waals surface area contributed by atoms with Crippen molar-refractivity contribution < 1.29 is 20.3 Å². The molecular formula is C10H21NO4S. The smallest absolute Gasteiger partial charge is 0.325 e. The predicted molar refractivity (Wildman–Crippen MR) is 62.9 cm³/mol. The van der Waals surface area contributed by atoms with Crippen LogP contribution in [0.3, 0.4) is 0 Å². The van der Waals surface area contributed by atoms with Gasteiger partial charge in [0.1, 0.15) is 0 Å². The van der Waals surface area contributed by atoms with E-state index in [1.807, 2.05) is 11.8 Å². The van der Waals surface area contributed by atoms with Crippen LogP contribution in [-0.2, 0) is 4.79 Å². The molecule has 0 saturated heterocycles. The molecule has 0 aliphatic rings. The average molecular weight is 251 g/mol. The third-order valence-corrected chi connectivity index (χ3v) is 3.09. The highest BCUT2D eigenvalue weighted by Crippen LogP contribution is 2.11. The lowest BCUT2D eigenvalue weighted by atomic mass is 10.1. The third kappa shape index (κ3) is 7.92. The van der Waals surface area contributed by atoms with E-state index in [4.69, 9.17) is 15.5 Å². The first-order valence-electron chi connectivity index (χ1n) is 5.48. The Labute approximate surface area is 100 Å². The Kier molecular flexibility index (Phi) is 9.71. The number of aliphatic carboxylic acids is 1. The molecular weight excluding hydrogens is 230 g/mol. The molecule has 3 N–H and O–H groups in total. The number of hydroxylamine groups is 2. The summed E-state index contributed by atoms with van der Waals surface area (Å²) in [6.45, 7) is 0. The van der Waals surface area contributed by atoms with E-state index in [0.29, 0.717) is 6.42 Å². The Hall–Kier alpha value is -0.300. The Morgan fingerprint density at radius 3 is 2.25 bits per heavy atom. The molecule has 1 atom stereocenters. The van der Waals surface area contributed by atoms with Crippen LogP contribution in [0.2, 0.25) is 0 Å². The molecule has 0 aromatic heterocycles. The lowest BCUT2D eigenvalue weighted by Gasteiger charge is -2.15. The maximum absolute atomic E-state index is 10.6. The van der Waals surface area contributed by atoms with E-state index in [0.717, 1.165) is 19.3 Å². The minimum absolute atomic E-state index is 0.212. The lowest BCUT2D eigenvalue weighted by molar-refractivity contribution is -0.328. The summed E-state index contributed by atoms with van der Waals surface area (Å²) in [5, 5.41) is 25.8. The van der Waals surface area contributed by atoms with Crippen LogP contribution in [0, 0.1) is 0 Å². The van der Waals surface area contributed by atoms with E-state index in [1.165, 1.54) is 12.2 Å². The van der Waals surface area contributed by atoms with Gasteiger partial charge in [-0.2, -0.15) is 11.8 Å². The number of hydrogen-bond acceptors (Lipinski definition) is 5. The van der Waals surface area contributed by atoms with Gasteiger partial charge in [-0.1, -0.05) is 30.9 Å². The summed E-state index contributed by atoms with van der Waals surface area (Å²) in [6, 6.07) is -1.20. The van der Waals surface area contributed by atoms with Crippen LogP contribution >= 0.6 is 11.8 Å². The number of hydrogen-bond donors (Lipinski definition) is 3. The van der Waals surface area contributed by atoms with Crippen LogP contribution < -0.4 is 0 Å². The van der Waals surface area contributed by atoms with Gasteiger partial charge in [0.25, 0.3) is 0 Å². The number of carboxylic acid groups (broad SMARTS) is 1. The minimum Gasteiger partial charge on any atom is -0.480 e. The van der Waals surface area contributed by atoms with Crippen LogP contribution in [0.25, 0.3) is 0 Å². The summed E-state index contributed by atoms with van der Waals surface area (Å²) in [7, 11) is 0. The zero-order valence-electron chi connectivity index (χ0n) is 9.63. The molecule has 0 amide bonds. The Morgan fingerprint density at radius 1 is 1.19 bits per heavy atom. The standard InChI is InChI=1S/C10H21NO4S/c1-16-8-6-4-2-3-5-7-9(10(12)13)11(14)15/h9,14-15H,2-8H2,1H3,(H,12,13). The highest BCUT2D eigenvalue weighted by Gasteiger charge is 2.22. The molecule has 6 heteroatoms. The molecule has 0 fully saturated rings. The summed E-state index contributed by atoms with van der Waals surface area (Å²) >= 11 is 1.83. The topological polar surface area (TPSA) is 81.0 Å². The number of rotatable bonds is 10. The first-order valence-corrected chi connectivity index (χ1v) is 6.87. The quantitative estimate of drug-likeness (QED) is 0.408. The van der Waals surface area contributed by atoms with Gasteiger partial charge in [0.15, 0.2) is 6.04 Å². The van der Waals surface area contributed by atoms with Crippen molar-refractivity contribution in [2.75, 3.05) is 12.0 Å². The SMILES string of the molecule is CSCCCCCCCC(C(=O)O)N(O)O. The first kappa shape index (κ1) is 15.7. The first-order chi connectivity index (χ1) is 7.59. The number of carboxylic acids is 1. The minimum atomic E-state index is -1.20. The second-order valence-corrected chi connectivity index (χ2v) is 4.71. The number of unbranched alkanes of at least 4 members (excludes halogenated alkanes) is 4. The van der Waals surface area contributed by atoms with Gasteiger partial charge in [0, 0.05) is 0 Å². The molecule has 96 valence electrons. The molecule has 0 bridgehead atoms. The van der Waals surface area contributed by atoms with E-state index >= 15 is 0 Å². The molecule has 0 spiro atoms. The largest absolute Gasteiger partial charge is 0.480 e. The van der Waals surface area contributed by atoms with Gasteiger partial charge in [0.2, 0.25) is 0 Å². The normalized spacial score (nSPS) is 13.0. The van der Waals surface area contributed by atoms with Gasteiger partial charge in [0.05, 0.1) is 0 Å². The zero-order valence-corrected chi connectivity index (χ0v) is 10.4. The van der Waals surface area contributed by atoms with E-state index < -0.39 is 12.0 Å². The molecule has 0 heterocycles. The summed E-state index contributed by atoms with van der Waals surface area (Å²) in [6.07, 6.45) is 7.40. The predicted octanol–water partition coefficient (Wildman–Crippen LogP) is 2.22. The van der Waals surface area contributed by atoms with Crippen molar-refractivity contribution in [3.05, 3.63) is 0 Å². The van der Waals surface area contributed by atoms with Gasteiger partial charge in [-0.05, 0) is 24.9 Å². The van der Waals surface area contributed by atoms with Crippen molar-refractivity contribution in [2.24, 2.45) is 0 Å². The molecule has 0 aliphatic carbocycles. The molecule has 0 aromatic rings. The molecule has 0 aliphatic heterocycles. The summed E-state index contributed by atoms with van der Waals surface area (Å²) < 4.78 is 0. The maximum atomic E-state index is 10.6. The molecule has 0 rings (SSSR count). The van der Waals surface area contributed by atoms with Crippen LogP contribution in [-0.4, -0.2) is 44.8 Å². The van der Waals surface area contributed by atoms with Crippen molar-refractivity contribution in [1.29, 1.82) is 0 Å². The molecule has 0 saturated carbocycles. The van der Waals surface area contributed by atoms with E-state index in [-0.39, 0.29) is 11.6 Å². The van der Waals surface area contributed by atoms with E-state index in [9.17, 15) is 4.79 Å². The summed E-state index contributed by atoms with van der Waals surface area (Å²) in [5.74, 6) is -0.0360. The van der Waals surface area contributed by atoms with E-state index in [1.54, 1.807) is 0 Å². The molecule has 16 heavy (non-hydrogen) atoms. The van der Waals surface area contributed by atoms with Gasteiger partial charge in [-0.15, -0.1) is 0 Å². The molecule has 0 radical (unpaired) electrons. The van der Waals surface area contributed by atoms with Crippen molar-refractivity contribution in [1.82, 2.24) is 5.23 Å². The Morgan fingerprint density at radius 2 is 1.75 bits per heavy atom. The second kappa shape index (κ2) is 9.89. The third-order valence-electron chi connectivity index (χ3n) is 2.39. The van der Waals surface area contributed by atoms with Gasteiger partial charge >= 0.3 is 5.97 Å². The van der Waals surface area contributed by atoms with Crippen molar-refractivity contribution in [3.8, 4) is 0 Å².